The highest BCUT2D eigenvalue weighted by Gasteiger charge is 2.21. The van der Waals surface area contributed by atoms with Gasteiger partial charge >= 0.3 is 0 Å². The van der Waals surface area contributed by atoms with Gasteiger partial charge in [0, 0.05) is 24.6 Å². The molecule has 1 unspecified atom stereocenters. The molecule has 1 N–H and O–H groups in total. The van der Waals surface area contributed by atoms with E-state index < -0.39 is 5.89 Å². The Morgan fingerprint density at radius 2 is 1.41 bits per heavy atom. The summed E-state index contributed by atoms with van der Waals surface area (Å²) in [5.74, 6) is -0.677. The van der Waals surface area contributed by atoms with Gasteiger partial charge in [-0.3, -0.25) is 4.98 Å². The molecule has 2 aromatic heterocycles. The summed E-state index contributed by atoms with van der Waals surface area (Å²) in [5.41, 5.74) is 10.5. The average molecular weight is 602 g/mol. The van der Waals surface area contributed by atoms with Gasteiger partial charge in [-0.25, -0.2) is 4.98 Å². The Bertz CT molecular complexity index is 2210. The summed E-state index contributed by atoms with van der Waals surface area (Å²) < 4.78 is 15.5. The highest BCUT2D eigenvalue weighted by Crippen LogP contribution is 2.39. The summed E-state index contributed by atoms with van der Waals surface area (Å²) in [6.07, 6.45) is 1.87. The normalized spacial score (nSPS) is 13.3. The van der Waals surface area contributed by atoms with Crippen LogP contribution in [0, 0.1) is 0 Å². The van der Waals surface area contributed by atoms with E-state index in [1.807, 2.05) is 85.9 Å². The van der Waals surface area contributed by atoms with E-state index in [2.05, 4.69) is 63.2 Å². The zero-order chi connectivity index (χ0) is 32.8. The van der Waals surface area contributed by atoms with Crippen molar-refractivity contribution in [2.45, 2.75) is 39.0 Å². The molecule has 0 amide bonds. The first-order valence-corrected chi connectivity index (χ1v) is 15.5. The number of pyridine rings is 1. The van der Waals surface area contributed by atoms with Crippen LogP contribution in [0.1, 0.15) is 51.7 Å². The van der Waals surface area contributed by atoms with Crippen molar-refractivity contribution in [1.29, 1.82) is 0 Å². The van der Waals surface area contributed by atoms with Gasteiger partial charge in [-0.15, -0.1) is 0 Å². The Hall–Kier alpha value is -5.48. The van der Waals surface area contributed by atoms with Gasteiger partial charge in [0.05, 0.1) is 11.3 Å². The van der Waals surface area contributed by atoms with Crippen LogP contribution >= 0.6 is 0 Å². The Morgan fingerprint density at radius 3 is 2.17 bits per heavy atom. The zero-order valence-electron chi connectivity index (χ0n) is 27.5. The number of benzene rings is 5. The summed E-state index contributed by atoms with van der Waals surface area (Å²) in [7, 11) is 0. The molecule has 0 spiro atoms. The number of aromatic nitrogens is 2. The Balaban J connectivity index is 1.34. The fourth-order valence-corrected chi connectivity index (χ4v) is 5.85. The Labute approximate surface area is 271 Å². The second kappa shape index (κ2) is 11.8. The number of aromatic hydroxyl groups is 1. The molecule has 0 aliphatic heterocycles. The number of fused-ring (bicyclic) bond motifs is 1. The van der Waals surface area contributed by atoms with Crippen LogP contribution in [0.3, 0.4) is 0 Å². The number of para-hydroxylation sites is 1. The van der Waals surface area contributed by atoms with Crippen molar-refractivity contribution in [3.8, 4) is 50.7 Å². The molecular weight excluding hydrogens is 564 g/mol. The predicted octanol–water partition coefficient (Wildman–Crippen LogP) is 11.0. The topological polar surface area (TPSA) is 59.2 Å². The Kier molecular flexibility index (Phi) is 7.18. The third-order valence-electron chi connectivity index (χ3n) is 8.56. The predicted molar refractivity (Wildman–Crippen MR) is 188 cm³/mol. The van der Waals surface area contributed by atoms with Crippen molar-refractivity contribution in [2.24, 2.45) is 0 Å². The highest BCUT2D eigenvalue weighted by molar-refractivity contribution is 5.93. The summed E-state index contributed by atoms with van der Waals surface area (Å²) in [6.45, 7) is 8.49. The number of hydrogen-bond donors (Lipinski definition) is 1. The molecule has 0 aliphatic carbocycles. The van der Waals surface area contributed by atoms with Crippen LogP contribution in [0.15, 0.2) is 138 Å². The largest absolute Gasteiger partial charge is 0.507 e. The first kappa shape index (κ1) is 28.0. The van der Waals surface area contributed by atoms with Crippen LogP contribution in [0.5, 0.6) is 5.75 Å². The summed E-state index contributed by atoms with van der Waals surface area (Å²) in [4.78, 5) is 9.74. The van der Waals surface area contributed by atoms with Gasteiger partial charge in [-0.2, -0.15) is 0 Å². The van der Waals surface area contributed by atoms with Crippen LogP contribution < -0.4 is 0 Å². The monoisotopic (exact) mass is 601 g/mol. The molecule has 4 heteroatoms. The van der Waals surface area contributed by atoms with Crippen molar-refractivity contribution in [3.05, 3.63) is 150 Å². The van der Waals surface area contributed by atoms with Crippen molar-refractivity contribution in [1.82, 2.24) is 9.97 Å². The number of phenols is 1. The minimum absolute atomic E-state index is 0.0482. The van der Waals surface area contributed by atoms with Crippen molar-refractivity contribution in [2.75, 3.05) is 0 Å². The molecule has 0 fully saturated rings. The number of phenolic OH excluding ortho intramolecular Hbond substituents is 1. The molecule has 0 bridgehead atoms. The summed E-state index contributed by atoms with van der Waals surface area (Å²) in [6, 6.07) is 42.0. The molecule has 5 aromatic carbocycles. The lowest BCUT2D eigenvalue weighted by atomic mass is 9.83. The lowest BCUT2D eigenvalue weighted by molar-refractivity contribution is 0.473. The maximum Gasteiger partial charge on any atom is 0.231 e. The highest BCUT2D eigenvalue weighted by atomic mass is 16.3. The van der Waals surface area contributed by atoms with E-state index in [1.165, 1.54) is 5.56 Å². The van der Waals surface area contributed by atoms with Crippen LogP contribution in [0.2, 0.25) is 0 Å². The number of rotatable bonds is 6. The van der Waals surface area contributed by atoms with E-state index in [0.717, 1.165) is 44.6 Å². The van der Waals surface area contributed by atoms with Gasteiger partial charge in [0.2, 0.25) is 5.89 Å². The van der Waals surface area contributed by atoms with Gasteiger partial charge in [-0.05, 0) is 81.3 Å². The number of hydrogen-bond acceptors (Lipinski definition) is 4. The van der Waals surface area contributed by atoms with E-state index in [9.17, 15) is 6.48 Å². The standard InChI is InChI=1S/C42H36N2O2/c1-27(28-12-7-5-8-13-28)30-18-19-38(45)36(25-30)41-44-40-35(16-11-17-39(40)46-41)32-22-33(24-34(23-32)42(2,3)4)37-26-31(20-21-43-37)29-14-9-6-10-15-29/h5-27,45H,1-4H3/i27D. The summed E-state index contributed by atoms with van der Waals surface area (Å²) in [5, 5.41) is 11.0. The molecule has 0 saturated carbocycles. The minimum atomic E-state index is -1.03. The van der Waals surface area contributed by atoms with Gasteiger partial charge in [0.1, 0.15) is 11.3 Å². The molecule has 46 heavy (non-hydrogen) atoms. The van der Waals surface area contributed by atoms with Gasteiger partial charge in [0.25, 0.3) is 0 Å². The van der Waals surface area contributed by atoms with Crippen LogP contribution in [-0.4, -0.2) is 15.1 Å². The van der Waals surface area contributed by atoms with Gasteiger partial charge in [0.15, 0.2) is 5.58 Å². The molecule has 0 aliphatic rings. The minimum Gasteiger partial charge on any atom is -0.507 e. The van der Waals surface area contributed by atoms with E-state index in [4.69, 9.17) is 14.4 Å². The Morgan fingerprint density at radius 1 is 0.674 bits per heavy atom. The maximum atomic E-state index is 11.0. The van der Waals surface area contributed by atoms with Gasteiger partial charge < -0.3 is 9.52 Å². The number of oxazole rings is 1. The molecule has 0 saturated heterocycles. The smallest absolute Gasteiger partial charge is 0.231 e. The number of nitrogens with zero attached hydrogens (tertiary/aromatic N) is 2. The van der Waals surface area contributed by atoms with Crippen LogP contribution in [-0.2, 0) is 5.41 Å². The molecule has 7 aromatic rings. The maximum absolute atomic E-state index is 11.0. The zero-order valence-corrected chi connectivity index (χ0v) is 26.5. The molecular formula is C42H36N2O2. The van der Waals surface area contributed by atoms with E-state index >= 15 is 0 Å². The molecule has 1 atom stereocenters. The summed E-state index contributed by atoms with van der Waals surface area (Å²) >= 11 is 0. The first-order valence-electron chi connectivity index (χ1n) is 16.0. The quantitative estimate of drug-likeness (QED) is 0.206. The molecule has 0 radical (unpaired) electrons. The lowest BCUT2D eigenvalue weighted by Crippen LogP contribution is -2.11. The molecule has 4 nitrogen and oxygen atoms in total. The van der Waals surface area contributed by atoms with E-state index in [0.29, 0.717) is 22.6 Å². The van der Waals surface area contributed by atoms with Gasteiger partial charge in [-0.1, -0.05) is 113 Å². The average Bonchev–Trinajstić information content (AvgIpc) is 3.53. The molecule has 226 valence electrons. The fourth-order valence-electron chi connectivity index (χ4n) is 5.85. The second-order valence-electron chi connectivity index (χ2n) is 12.7. The van der Waals surface area contributed by atoms with Crippen LogP contribution in [0.4, 0.5) is 0 Å². The van der Waals surface area contributed by atoms with Crippen molar-refractivity contribution < 1.29 is 10.9 Å². The van der Waals surface area contributed by atoms with Crippen molar-refractivity contribution >= 4 is 11.1 Å². The van der Waals surface area contributed by atoms with E-state index in [1.54, 1.807) is 12.1 Å². The SMILES string of the molecule is [2H]C(C)(c1ccccc1)c1ccc(O)c(-c2nc3c(-c4cc(-c5cc(-c6ccccc6)ccn5)cc(C(C)(C)C)c4)cccc3o2)c1. The fraction of sp³-hybridized carbons (Fsp3) is 0.143. The third-order valence-corrected chi connectivity index (χ3v) is 8.56. The first-order chi connectivity index (χ1) is 22.6. The van der Waals surface area contributed by atoms with E-state index in [-0.39, 0.29) is 11.2 Å². The lowest BCUT2D eigenvalue weighted by Gasteiger charge is -2.21. The molecule has 2 heterocycles. The molecule has 7 rings (SSSR count). The van der Waals surface area contributed by atoms with Crippen molar-refractivity contribution in [3.63, 3.8) is 0 Å². The second-order valence-corrected chi connectivity index (χ2v) is 12.7. The third kappa shape index (κ3) is 5.70. The van der Waals surface area contributed by atoms with Crippen LogP contribution in [0.25, 0.3) is 56.1 Å².